The van der Waals surface area contributed by atoms with Crippen molar-refractivity contribution in [3.05, 3.63) is 95.2 Å². The third kappa shape index (κ3) is 7.42. The molecule has 1 unspecified atom stereocenters. The zero-order chi connectivity index (χ0) is 33.4. The number of carbonyl (C=O) groups is 2. The van der Waals surface area contributed by atoms with Gasteiger partial charge >= 0.3 is 0 Å². The predicted octanol–water partition coefficient (Wildman–Crippen LogP) is 6.85. The van der Waals surface area contributed by atoms with E-state index in [0.717, 1.165) is 30.7 Å². The Labute approximate surface area is 268 Å². The van der Waals surface area contributed by atoms with Crippen LogP contribution in [0.3, 0.4) is 0 Å². The second kappa shape index (κ2) is 15.3. The largest absolute Gasteiger partial charge is 0.497 e. The molecule has 0 aliphatic carbocycles. The number of ether oxygens (including phenoxy) is 2. The van der Waals surface area contributed by atoms with Gasteiger partial charge in [0.05, 0.1) is 38.6 Å². The molecule has 11 heteroatoms. The Morgan fingerprint density at radius 3 is 2.17 bits per heavy atom. The van der Waals surface area contributed by atoms with E-state index in [2.05, 4.69) is 15.3 Å². The Hall–Kier alpha value is -5.06. The fourth-order valence-electron chi connectivity index (χ4n) is 5.14. The SMILES string of the molecule is CC.CC1CCN(C)C1=O.COc1ccc(CN2Cc3nc(-c4c(F)cccc4F)nc(Nc4ccccc4)c3C2=O)c(OC)c1. The average molecular weight is 632 g/mol. The lowest BCUT2D eigenvalue weighted by Crippen LogP contribution is -2.24. The van der Waals surface area contributed by atoms with Crippen molar-refractivity contribution in [2.75, 3.05) is 33.1 Å². The number of carbonyl (C=O) groups excluding carboxylic acids is 2. The number of likely N-dealkylation sites (tertiary alicyclic amines) is 1. The molecule has 1 atom stereocenters. The molecule has 3 aromatic carbocycles. The molecule has 1 saturated heterocycles. The minimum Gasteiger partial charge on any atom is -0.497 e. The van der Waals surface area contributed by atoms with Gasteiger partial charge in [-0.25, -0.2) is 18.7 Å². The highest BCUT2D eigenvalue weighted by Gasteiger charge is 2.34. The first-order valence-electron chi connectivity index (χ1n) is 15.1. The van der Waals surface area contributed by atoms with Crippen molar-refractivity contribution < 1.29 is 27.8 Å². The summed E-state index contributed by atoms with van der Waals surface area (Å²) in [5, 5.41) is 3.12. The van der Waals surface area contributed by atoms with Crippen molar-refractivity contribution in [2.24, 2.45) is 5.92 Å². The van der Waals surface area contributed by atoms with Crippen LogP contribution in [0.25, 0.3) is 11.4 Å². The number of fused-ring (bicyclic) bond motifs is 1. The summed E-state index contributed by atoms with van der Waals surface area (Å²) in [5.41, 5.74) is 1.72. The molecular weight excluding hydrogens is 592 g/mol. The highest BCUT2D eigenvalue weighted by atomic mass is 19.1. The molecular formula is C35H39F2N5O4. The maximum absolute atomic E-state index is 14.6. The van der Waals surface area contributed by atoms with E-state index in [1.54, 1.807) is 48.3 Å². The van der Waals surface area contributed by atoms with Crippen molar-refractivity contribution in [1.82, 2.24) is 19.8 Å². The van der Waals surface area contributed by atoms with Crippen LogP contribution in [-0.2, 0) is 17.9 Å². The van der Waals surface area contributed by atoms with Gasteiger partial charge in [-0.3, -0.25) is 9.59 Å². The average Bonchev–Trinajstić information content (AvgIpc) is 3.54. The number of aromatic nitrogens is 2. The van der Waals surface area contributed by atoms with Crippen molar-refractivity contribution in [1.29, 1.82) is 0 Å². The van der Waals surface area contributed by atoms with E-state index in [1.807, 2.05) is 52.1 Å². The van der Waals surface area contributed by atoms with Crippen LogP contribution >= 0.6 is 0 Å². The Kier molecular flexibility index (Phi) is 11.2. The van der Waals surface area contributed by atoms with Crippen molar-refractivity contribution in [3.8, 4) is 22.9 Å². The van der Waals surface area contributed by atoms with Crippen LogP contribution in [0.1, 0.15) is 48.8 Å². The van der Waals surface area contributed by atoms with Crippen LogP contribution in [0.4, 0.5) is 20.3 Å². The fourth-order valence-corrected chi connectivity index (χ4v) is 5.14. The van der Waals surface area contributed by atoms with E-state index in [0.29, 0.717) is 28.8 Å². The van der Waals surface area contributed by atoms with Gasteiger partial charge < -0.3 is 24.6 Å². The number of rotatable bonds is 7. The summed E-state index contributed by atoms with van der Waals surface area (Å²) in [5.74, 6) is -0.0665. The van der Waals surface area contributed by atoms with E-state index in [1.165, 1.54) is 6.07 Å². The Balaban J connectivity index is 0.000000415. The van der Waals surface area contributed by atoms with Crippen molar-refractivity contribution >= 4 is 23.3 Å². The van der Waals surface area contributed by atoms with Gasteiger partial charge in [-0.2, -0.15) is 0 Å². The zero-order valence-corrected chi connectivity index (χ0v) is 26.9. The van der Waals surface area contributed by atoms with E-state index >= 15 is 0 Å². The predicted molar refractivity (Wildman–Crippen MR) is 173 cm³/mol. The number of nitrogens with one attached hydrogen (secondary N) is 1. The molecule has 1 fully saturated rings. The van der Waals surface area contributed by atoms with Gasteiger partial charge in [0.25, 0.3) is 5.91 Å². The summed E-state index contributed by atoms with van der Waals surface area (Å²) in [6.45, 7) is 7.29. The number of nitrogens with zero attached hydrogens (tertiary/aromatic N) is 4. The first-order valence-corrected chi connectivity index (χ1v) is 15.1. The smallest absolute Gasteiger partial charge is 0.260 e. The van der Waals surface area contributed by atoms with E-state index in [9.17, 15) is 18.4 Å². The van der Waals surface area contributed by atoms with Gasteiger partial charge in [-0.15, -0.1) is 0 Å². The van der Waals surface area contributed by atoms with Crippen molar-refractivity contribution in [2.45, 2.75) is 40.3 Å². The minimum atomic E-state index is -0.787. The third-order valence-corrected chi connectivity index (χ3v) is 7.60. The molecule has 6 rings (SSSR count). The van der Waals surface area contributed by atoms with Crippen LogP contribution in [0, 0.1) is 17.6 Å². The maximum atomic E-state index is 14.6. The lowest BCUT2D eigenvalue weighted by Gasteiger charge is -2.18. The molecule has 2 amide bonds. The number of halogens is 2. The number of hydrogen-bond acceptors (Lipinski definition) is 7. The van der Waals surface area contributed by atoms with Crippen LogP contribution < -0.4 is 14.8 Å². The van der Waals surface area contributed by atoms with E-state index < -0.39 is 11.6 Å². The minimum absolute atomic E-state index is 0.137. The van der Waals surface area contributed by atoms with Gasteiger partial charge in [0.15, 0.2) is 5.82 Å². The molecule has 3 heterocycles. The summed E-state index contributed by atoms with van der Waals surface area (Å²) in [6, 6.07) is 18.0. The zero-order valence-electron chi connectivity index (χ0n) is 26.9. The normalized spacial score (nSPS) is 15.0. The maximum Gasteiger partial charge on any atom is 0.260 e. The molecule has 4 aromatic rings. The number of anilines is 2. The molecule has 2 aliphatic rings. The van der Waals surface area contributed by atoms with Crippen LogP contribution in [0.15, 0.2) is 66.7 Å². The number of benzene rings is 3. The summed E-state index contributed by atoms with van der Waals surface area (Å²) in [4.78, 5) is 36.5. The van der Waals surface area contributed by atoms with Crippen LogP contribution in [0.2, 0.25) is 0 Å². The molecule has 1 N–H and O–H groups in total. The summed E-state index contributed by atoms with van der Waals surface area (Å²) < 4.78 is 39.9. The molecule has 242 valence electrons. The van der Waals surface area contributed by atoms with Gasteiger partial charge in [-0.05, 0) is 42.8 Å². The number of methoxy groups -OCH3 is 2. The van der Waals surface area contributed by atoms with Crippen LogP contribution in [0.5, 0.6) is 11.5 Å². The molecule has 1 aromatic heterocycles. The summed E-state index contributed by atoms with van der Waals surface area (Å²) in [7, 11) is 4.96. The summed E-state index contributed by atoms with van der Waals surface area (Å²) in [6.07, 6.45) is 1.04. The second-order valence-corrected chi connectivity index (χ2v) is 10.6. The summed E-state index contributed by atoms with van der Waals surface area (Å²) >= 11 is 0. The van der Waals surface area contributed by atoms with E-state index in [-0.39, 0.29) is 47.7 Å². The Morgan fingerprint density at radius 2 is 1.61 bits per heavy atom. The number of amides is 2. The molecule has 0 spiro atoms. The highest BCUT2D eigenvalue weighted by molar-refractivity contribution is 6.03. The van der Waals surface area contributed by atoms with Crippen molar-refractivity contribution in [3.63, 3.8) is 0 Å². The second-order valence-electron chi connectivity index (χ2n) is 10.6. The quantitative estimate of drug-likeness (QED) is 0.238. The lowest BCUT2D eigenvalue weighted by molar-refractivity contribution is -0.129. The number of hydrogen-bond donors (Lipinski definition) is 1. The van der Waals surface area contributed by atoms with E-state index in [4.69, 9.17) is 9.47 Å². The topological polar surface area (TPSA) is 96.9 Å². The molecule has 0 bridgehead atoms. The standard InChI is InChI=1S/C27H22F2N4O3.C6H11NO.C2H6/c1-35-18-12-11-16(22(13-18)36-2)14-33-15-21-24(27(33)34)26(30-17-7-4-3-5-8-17)32-25(31-21)23-19(28)9-6-10-20(23)29;1-5-3-4-7(2)6(5)8;1-2/h3-13H,14-15H2,1-2H3,(H,30,31,32);5H,3-4H2,1-2H3;1-2H3. The fraction of sp³-hybridized carbons (Fsp3) is 0.314. The van der Waals surface area contributed by atoms with Gasteiger partial charge in [0, 0.05) is 36.8 Å². The molecule has 9 nitrogen and oxygen atoms in total. The Morgan fingerprint density at radius 1 is 0.913 bits per heavy atom. The molecule has 46 heavy (non-hydrogen) atoms. The van der Waals surface area contributed by atoms with Gasteiger partial charge in [0.2, 0.25) is 5.91 Å². The molecule has 2 aliphatic heterocycles. The third-order valence-electron chi connectivity index (χ3n) is 7.60. The Bertz CT molecular complexity index is 1650. The van der Waals surface area contributed by atoms with Crippen LogP contribution in [-0.4, -0.2) is 59.4 Å². The molecule has 0 saturated carbocycles. The number of para-hydroxylation sites is 1. The molecule has 0 radical (unpaired) electrons. The first kappa shape index (κ1) is 33.8. The lowest BCUT2D eigenvalue weighted by atomic mass is 10.1. The van der Waals surface area contributed by atoms with Gasteiger partial charge in [0.1, 0.15) is 34.5 Å². The highest BCUT2D eigenvalue weighted by Crippen LogP contribution is 2.35. The first-order chi connectivity index (χ1) is 22.2. The van der Waals surface area contributed by atoms with Gasteiger partial charge in [-0.1, -0.05) is 45.0 Å². The monoisotopic (exact) mass is 631 g/mol.